The maximum absolute atomic E-state index is 4.21. The molecule has 0 fully saturated rings. The molecule has 0 spiro atoms. The number of thiol groups is 2. The van der Waals surface area contributed by atoms with Gasteiger partial charge in [0.15, 0.2) is 0 Å². The van der Waals surface area contributed by atoms with E-state index in [1.54, 1.807) is 0 Å². The lowest BCUT2D eigenvalue weighted by Gasteiger charge is -2.04. The predicted molar refractivity (Wildman–Crippen MR) is 43.4 cm³/mol. The molecule has 0 radical (unpaired) electrons. The molecule has 0 unspecified atom stereocenters. The molecule has 0 N–H and O–H groups in total. The molecule has 0 heterocycles. The first kappa shape index (κ1) is 6.30. The number of hydrogen-bond acceptors (Lipinski definition) is 2. The maximum atomic E-state index is 4.21. The highest BCUT2D eigenvalue weighted by atomic mass is 32.1. The van der Waals surface area contributed by atoms with Gasteiger partial charge in [-0.25, -0.2) is 0 Å². The van der Waals surface area contributed by atoms with Gasteiger partial charge in [0.1, 0.15) is 0 Å². The van der Waals surface area contributed by atoms with Crippen molar-refractivity contribution in [3.8, 4) is 0 Å². The first-order chi connectivity index (χ1) is 3.80. The van der Waals surface area contributed by atoms with Crippen LogP contribution in [0.25, 0.3) is 0 Å². The lowest BCUT2D eigenvalue weighted by Crippen LogP contribution is -1.81. The average Bonchev–Trinajstić information content (AvgIpc) is 1.77. The second-order valence-electron chi connectivity index (χ2n) is 1.77. The quantitative estimate of drug-likeness (QED) is 0.479. The summed E-state index contributed by atoms with van der Waals surface area (Å²) in [5.41, 5.74) is 0. The third kappa shape index (κ3) is 1.33. The monoisotopic (exact) mass is 144 g/mol. The minimum absolute atomic E-state index is 1.01. The van der Waals surface area contributed by atoms with Gasteiger partial charge in [0.05, 0.1) is 0 Å². The summed E-state index contributed by atoms with van der Waals surface area (Å²) in [6, 6.07) is 0. The molecular formula is C6H8S2. The molecule has 0 aliphatic heterocycles. The van der Waals surface area contributed by atoms with E-state index in [9.17, 15) is 0 Å². The van der Waals surface area contributed by atoms with Crippen molar-refractivity contribution in [3.05, 3.63) is 22.0 Å². The summed E-state index contributed by atoms with van der Waals surface area (Å²) in [4.78, 5) is 2.12. The average molecular weight is 144 g/mol. The van der Waals surface area contributed by atoms with Crippen molar-refractivity contribution in [2.75, 3.05) is 0 Å². The van der Waals surface area contributed by atoms with E-state index in [1.165, 1.54) is 0 Å². The molecule has 0 nitrogen and oxygen atoms in total. The van der Waals surface area contributed by atoms with Crippen molar-refractivity contribution in [3.63, 3.8) is 0 Å². The van der Waals surface area contributed by atoms with Crippen LogP contribution in [0.15, 0.2) is 22.0 Å². The summed E-state index contributed by atoms with van der Waals surface area (Å²) < 4.78 is 0. The molecule has 0 bridgehead atoms. The molecule has 2 heteroatoms. The van der Waals surface area contributed by atoms with Crippen LogP contribution in [0.5, 0.6) is 0 Å². The van der Waals surface area contributed by atoms with Gasteiger partial charge >= 0.3 is 0 Å². The Hall–Kier alpha value is 0.180. The van der Waals surface area contributed by atoms with Crippen LogP contribution in [0, 0.1) is 0 Å². The number of hydrogen-bond donors (Lipinski definition) is 2. The number of rotatable bonds is 0. The van der Waals surface area contributed by atoms with Gasteiger partial charge in [-0.05, 0) is 17.7 Å². The summed E-state index contributed by atoms with van der Waals surface area (Å²) in [5, 5.41) is 0. The Morgan fingerprint density at radius 3 is 2.50 bits per heavy atom. The van der Waals surface area contributed by atoms with Crippen molar-refractivity contribution in [1.82, 2.24) is 0 Å². The van der Waals surface area contributed by atoms with E-state index in [0.29, 0.717) is 0 Å². The van der Waals surface area contributed by atoms with Gasteiger partial charge in [0.2, 0.25) is 0 Å². The Labute approximate surface area is 60.5 Å². The lowest BCUT2D eigenvalue weighted by molar-refractivity contribution is 1.02. The normalized spacial score (nSPS) is 19.8. The highest BCUT2D eigenvalue weighted by molar-refractivity contribution is 7.88. The second-order valence-corrected chi connectivity index (χ2v) is 2.79. The fourth-order valence-corrected chi connectivity index (χ4v) is 1.06. The van der Waals surface area contributed by atoms with Crippen molar-refractivity contribution >= 4 is 25.3 Å². The molecule has 0 aromatic carbocycles. The van der Waals surface area contributed by atoms with E-state index >= 15 is 0 Å². The summed E-state index contributed by atoms with van der Waals surface area (Å²) in [7, 11) is 0. The zero-order chi connectivity index (χ0) is 5.98. The minimum Gasteiger partial charge on any atom is -0.147 e. The van der Waals surface area contributed by atoms with E-state index in [1.807, 2.05) is 6.08 Å². The minimum atomic E-state index is 1.01. The molecule has 0 amide bonds. The fraction of sp³-hybridized carbons (Fsp3) is 0.333. The lowest BCUT2D eigenvalue weighted by atomic mass is 10.2. The molecule has 0 saturated heterocycles. The Morgan fingerprint density at radius 1 is 1.38 bits per heavy atom. The van der Waals surface area contributed by atoms with Crippen LogP contribution in [-0.4, -0.2) is 0 Å². The van der Waals surface area contributed by atoms with Gasteiger partial charge in [-0.15, -0.1) is 25.3 Å². The molecule has 8 heavy (non-hydrogen) atoms. The number of allylic oxidation sites excluding steroid dienone is 3. The van der Waals surface area contributed by atoms with E-state index < -0.39 is 0 Å². The molecule has 1 aliphatic carbocycles. The maximum Gasteiger partial charge on any atom is 0.0130 e. The van der Waals surface area contributed by atoms with Gasteiger partial charge in [0, 0.05) is 4.91 Å². The van der Waals surface area contributed by atoms with Crippen molar-refractivity contribution in [2.24, 2.45) is 0 Å². The molecular weight excluding hydrogens is 136 g/mol. The molecule has 0 saturated carbocycles. The second kappa shape index (κ2) is 2.65. The molecule has 1 aliphatic rings. The van der Waals surface area contributed by atoms with E-state index in [4.69, 9.17) is 0 Å². The van der Waals surface area contributed by atoms with Gasteiger partial charge in [-0.2, -0.15) is 0 Å². The Kier molecular flexibility index (Phi) is 2.08. The van der Waals surface area contributed by atoms with Crippen LogP contribution in [-0.2, 0) is 0 Å². The van der Waals surface area contributed by atoms with E-state index in [2.05, 4.69) is 31.3 Å². The van der Waals surface area contributed by atoms with Gasteiger partial charge in [-0.3, -0.25) is 0 Å². The van der Waals surface area contributed by atoms with Crippen LogP contribution < -0.4 is 0 Å². The highest BCUT2D eigenvalue weighted by Crippen LogP contribution is 2.23. The highest BCUT2D eigenvalue weighted by Gasteiger charge is 1.98. The Balaban J connectivity index is 2.76. The molecule has 0 atom stereocenters. The Morgan fingerprint density at radius 2 is 2.12 bits per heavy atom. The van der Waals surface area contributed by atoms with Gasteiger partial charge in [-0.1, -0.05) is 12.2 Å². The van der Waals surface area contributed by atoms with Gasteiger partial charge < -0.3 is 0 Å². The summed E-state index contributed by atoms with van der Waals surface area (Å²) in [6.07, 6.45) is 6.28. The standard InChI is InChI=1S/C6H8S2/c7-5-3-1-2-4-6(5)8/h1,3,7-8H,2,4H2. The van der Waals surface area contributed by atoms with Crippen LogP contribution >= 0.6 is 25.3 Å². The first-order valence-corrected chi connectivity index (χ1v) is 3.48. The zero-order valence-corrected chi connectivity index (χ0v) is 6.25. The van der Waals surface area contributed by atoms with Gasteiger partial charge in [0.25, 0.3) is 0 Å². The van der Waals surface area contributed by atoms with Crippen LogP contribution in [0.1, 0.15) is 12.8 Å². The third-order valence-corrected chi connectivity index (χ3v) is 2.18. The van der Waals surface area contributed by atoms with Crippen molar-refractivity contribution < 1.29 is 0 Å². The molecule has 0 aromatic rings. The van der Waals surface area contributed by atoms with Crippen LogP contribution in [0.3, 0.4) is 0 Å². The largest absolute Gasteiger partial charge is 0.147 e. The summed E-state index contributed by atoms with van der Waals surface area (Å²) in [6.45, 7) is 0. The van der Waals surface area contributed by atoms with E-state index in [-0.39, 0.29) is 0 Å². The fourth-order valence-electron chi connectivity index (χ4n) is 0.639. The smallest absolute Gasteiger partial charge is 0.0130 e. The SMILES string of the molecule is SC1=C(S)CCC=C1. The third-order valence-electron chi connectivity index (χ3n) is 1.12. The van der Waals surface area contributed by atoms with E-state index in [0.717, 1.165) is 22.7 Å². The predicted octanol–water partition coefficient (Wildman–Crippen LogP) is 2.41. The van der Waals surface area contributed by atoms with Crippen molar-refractivity contribution in [2.45, 2.75) is 12.8 Å². The summed E-state index contributed by atoms with van der Waals surface area (Å²) in [5.74, 6) is 0. The Bertz CT molecular complexity index is 145. The topological polar surface area (TPSA) is 0 Å². The molecule has 1 rings (SSSR count). The molecule has 0 aromatic heterocycles. The van der Waals surface area contributed by atoms with Crippen molar-refractivity contribution in [1.29, 1.82) is 0 Å². The first-order valence-electron chi connectivity index (χ1n) is 2.58. The zero-order valence-electron chi connectivity index (χ0n) is 4.46. The van der Waals surface area contributed by atoms with Crippen LogP contribution in [0.2, 0.25) is 0 Å². The molecule has 44 valence electrons. The van der Waals surface area contributed by atoms with Crippen LogP contribution in [0.4, 0.5) is 0 Å². The summed E-state index contributed by atoms with van der Waals surface area (Å²) >= 11 is 8.38.